The van der Waals surface area contributed by atoms with E-state index in [9.17, 15) is 18.0 Å². The van der Waals surface area contributed by atoms with Gasteiger partial charge in [0.1, 0.15) is 0 Å². The Balaban J connectivity index is 0.000000363. The van der Waals surface area contributed by atoms with E-state index >= 15 is 0 Å². The number of nitrogens with zero attached hydrogens (tertiary/aromatic N) is 2. The fraction of sp³-hybridized carbons (Fsp3) is 0.480. The van der Waals surface area contributed by atoms with E-state index in [0.29, 0.717) is 12.7 Å². The summed E-state index contributed by atoms with van der Waals surface area (Å²) in [7, 11) is 2.67. The number of alkyl halides is 3. The molecule has 170 valence electrons. The monoisotopic (exact) mass is 434 g/mol. The fourth-order valence-electron chi connectivity index (χ4n) is 3.74. The second kappa shape index (κ2) is 11.9. The molecule has 0 saturated carbocycles. The van der Waals surface area contributed by atoms with Crippen LogP contribution in [0.5, 0.6) is 0 Å². The van der Waals surface area contributed by atoms with Gasteiger partial charge in [0, 0.05) is 31.1 Å². The average molecular weight is 435 g/mol. The lowest BCUT2D eigenvalue weighted by atomic mass is 10.0. The first-order valence-corrected chi connectivity index (χ1v) is 10.8. The molecule has 2 aromatic rings. The van der Waals surface area contributed by atoms with Crippen LogP contribution in [-0.2, 0) is 5.92 Å². The van der Waals surface area contributed by atoms with Crippen LogP contribution in [-0.4, -0.2) is 56.1 Å². The first-order chi connectivity index (χ1) is 14.8. The van der Waals surface area contributed by atoms with Gasteiger partial charge in [-0.2, -0.15) is 0 Å². The Kier molecular flexibility index (Phi) is 9.56. The Bertz CT molecular complexity index is 789. The molecule has 0 aromatic heterocycles. The molecule has 0 N–H and O–H groups in total. The van der Waals surface area contributed by atoms with E-state index < -0.39 is 5.92 Å². The Hall–Kier alpha value is -2.34. The first kappa shape index (κ1) is 24.9. The SMILES string of the molecule is CC(F)(F)c1ccc(-c2ccc(C(=O)N3CCCC3)cc2)cc1.CF.CN1CCCC1. The maximum Gasteiger partial charge on any atom is 0.270 e. The molecular weight excluding hydrogens is 401 g/mol. The summed E-state index contributed by atoms with van der Waals surface area (Å²) in [5.41, 5.74) is 2.45. The minimum Gasteiger partial charge on any atom is -0.339 e. The van der Waals surface area contributed by atoms with E-state index in [1.54, 1.807) is 24.3 Å². The van der Waals surface area contributed by atoms with Gasteiger partial charge in [0.05, 0.1) is 7.18 Å². The molecule has 0 spiro atoms. The third-order valence-corrected chi connectivity index (χ3v) is 5.58. The molecule has 3 nitrogen and oxygen atoms in total. The molecule has 2 heterocycles. The molecule has 0 radical (unpaired) electrons. The lowest BCUT2D eigenvalue weighted by Gasteiger charge is -2.15. The van der Waals surface area contributed by atoms with Crippen LogP contribution in [0.4, 0.5) is 13.2 Å². The first-order valence-electron chi connectivity index (χ1n) is 10.8. The summed E-state index contributed by atoms with van der Waals surface area (Å²) in [4.78, 5) is 16.5. The number of likely N-dealkylation sites (tertiary alicyclic amines) is 2. The van der Waals surface area contributed by atoms with Crippen LogP contribution in [0.1, 0.15) is 48.5 Å². The van der Waals surface area contributed by atoms with Crippen molar-refractivity contribution in [3.8, 4) is 11.1 Å². The lowest BCUT2D eigenvalue weighted by Crippen LogP contribution is -2.27. The van der Waals surface area contributed by atoms with Crippen LogP contribution in [0.3, 0.4) is 0 Å². The highest BCUT2D eigenvalue weighted by molar-refractivity contribution is 5.94. The number of amides is 1. The van der Waals surface area contributed by atoms with Crippen molar-refractivity contribution >= 4 is 5.91 Å². The van der Waals surface area contributed by atoms with Crippen molar-refractivity contribution in [3.63, 3.8) is 0 Å². The normalized spacial score (nSPS) is 16.3. The second-order valence-corrected chi connectivity index (χ2v) is 8.05. The summed E-state index contributed by atoms with van der Waals surface area (Å²) < 4.78 is 36.0. The quantitative estimate of drug-likeness (QED) is 0.592. The van der Waals surface area contributed by atoms with Crippen molar-refractivity contribution in [1.82, 2.24) is 9.80 Å². The van der Waals surface area contributed by atoms with Crippen LogP contribution in [0.2, 0.25) is 0 Å². The van der Waals surface area contributed by atoms with Gasteiger partial charge < -0.3 is 9.80 Å². The van der Waals surface area contributed by atoms with E-state index in [0.717, 1.165) is 44.0 Å². The van der Waals surface area contributed by atoms with Crippen LogP contribution in [0.25, 0.3) is 11.1 Å². The average Bonchev–Trinajstić information content (AvgIpc) is 3.49. The smallest absolute Gasteiger partial charge is 0.270 e. The van der Waals surface area contributed by atoms with Crippen LogP contribution in [0.15, 0.2) is 48.5 Å². The zero-order chi connectivity index (χ0) is 22.9. The minimum atomic E-state index is -2.83. The summed E-state index contributed by atoms with van der Waals surface area (Å²) >= 11 is 0. The van der Waals surface area contributed by atoms with Gasteiger partial charge in [0.15, 0.2) is 0 Å². The maximum absolute atomic E-state index is 13.2. The largest absolute Gasteiger partial charge is 0.339 e. The van der Waals surface area contributed by atoms with Crippen molar-refractivity contribution < 1.29 is 18.0 Å². The molecule has 4 rings (SSSR count). The van der Waals surface area contributed by atoms with E-state index in [4.69, 9.17) is 0 Å². The van der Waals surface area contributed by atoms with E-state index in [1.165, 1.54) is 38.1 Å². The highest BCUT2D eigenvalue weighted by Crippen LogP contribution is 2.29. The Morgan fingerprint density at radius 3 is 1.58 bits per heavy atom. The molecule has 0 bridgehead atoms. The van der Waals surface area contributed by atoms with Gasteiger partial charge in [-0.05, 0) is 69.1 Å². The molecular formula is C25H33F3N2O. The number of halogens is 3. The molecule has 2 saturated heterocycles. The van der Waals surface area contributed by atoms with Crippen molar-refractivity contribution in [2.75, 3.05) is 40.4 Å². The van der Waals surface area contributed by atoms with Crippen molar-refractivity contribution in [1.29, 1.82) is 0 Å². The van der Waals surface area contributed by atoms with Crippen molar-refractivity contribution in [3.05, 3.63) is 59.7 Å². The molecule has 31 heavy (non-hydrogen) atoms. The van der Waals surface area contributed by atoms with Crippen molar-refractivity contribution in [2.24, 2.45) is 0 Å². The zero-order valence-electron chi connectivity index (χ0n) is 18.7. The Morgan fingerprint density at radius 2 is 1.19 bits per heavy atom. The second-order valence-electron chi connectivity index (χ2n) is 8.05. The van der Waals surface area contributed by atoms with Gasteiger partial charge in [0.25, 0.3) is 11.8 Å². The third kappa shape index (κ3) is 7.39. The summed E-state index contributed by atoms with van der Waals surface area (Å²) in [5, 5.41) is 0. The number of rotatable bonds is 3. The highest BCUT2D eigenvalue weighted by atomic mass is 19.3. The van der Waals surface area contributed by atoms with Gasteiger partial charge in [-0.15, -0.1) is 0 Å². The molecule has 2 aliphatic rings. The van der Waals surface area contributed by atoms with Gasteiger partial charge in [-0.25, -0.2) is 8.78 Å². The van der Waals surface area contributed by atoms with Gasteiger partial charge in [0.2, 0.25) is 0 Å². The van der Waals surface area contributed by atoms with Crippen LogP contribution in [0, 0.1) is 0 Å². The number of carbonyl (C=O) groups excluding carboxylic acids is 1. The van der Waals surface area contributed by atoms with Gasteiger partial charge in [-0.3, -0.25) is 9.18 Å². The summed E-state index contributed by atoms with van der Waals surface area (Å²) in [5.74, 6) is -2.76. The number of carbonyl (C=O) groups is 1. The zero-order valence-corrected chi connectivity index (χ0v) is 18.7. The molecule has 0 atom stereocenters. The topological polar surface area (TPSA) is 23.6 Å². The van der Waals surface area contributed by atoms with Crippen LogP contribution < -0.4 is 0 Å². The summed E-state index contributed by atoms with van der Waals surface area (Å²) in [6, 6.07) is 13.6. The molecule has 2 aromatic carbocycles. The third-order valence-electron chi connectivity index (χ3n) is 5.58. The standard InChI is InChI=1S/C19H19F2NO.C5H11N.CH3F/c1-19(20,21)17-10-8-15(9-11-17)14-4-6-16(7-5-14)18(23)22-12-2-3-13-22;1-6-4-2-3-5-6;1-2/h4-11H,2-3,12-13H2,1H3;2-5H2,1H3;1H3. The molecule has 6 heteroatoms. The predicted octanol–water partition coefficient (Wildman–Crippen LogP) is 6.00. The van der Waals surface area contributed by atoms with Crippen molar-refractivity contribution in [2.45, 2.75) is 38.5 Å². The fourth-order valence-corrected chi connectivity index (χ4v) is 3.74. The molecule has 2 aliphatic heterocycles. The lowest BCUT2D eigenvalue weighted by molar-refractivity contribution is 0.0175. The number of hydrogen-bond acceptors (Lipinski definition) is 2. The minimum absolute atomic E-state index is 0.00193. The Morgan fingerprint density at radius 1 is 0.774 bits per heavy atom. The van der Waals surface area contributed by atoms with E-state index in [1.807, 2.05) is 17.0 Å². The number of hydrogen-bond donors (Lipinski definition) is 0. The summed E-state index contributed by atoms with van der Waals surface area (Å²) in [6.07, 6.45) is 4.96. The molecule has 2 fully saturated rings. The molecule has 1 amide bonds. The molecule has 0 unspecified atom stereocenters. The van der Waals surface area contributed by atoms with Crippen LogP contribution >= 0.6 is 0 Å². The van der Waals surface area contributed by atoms with Gasteiger partial charge in [-0.1, -0.05) is 36.4 Å². The Labute approximate surface area is 183 Å². The number of benzene rings is 2. The molecule has 0 aliphatic carbocycles. The predicted molar refractivity (Wildman–Crippen MR) is 120 cm³/mol. The highest BCUT2D eigenvalue weighted by Gasteiger charge is 2.23. The van der Waals surface area contributed by atoms with E-state index in [2.05, 4.69) is 11.9 Å². The maximum atomic E-state index is 13.2. The van der Waals surface area contributed by atoms with Gasteiger partial charge >= 0.3 is 0 Å². The van der Waals surface area contributed by atoms with E-state index in [-0.39, 0.29) is 11.5 Å². The summed E-state index contributed by atoms with van der Waals surface area (Å²) in [6.45, 7) is 5.18.